The van der Waals surface area contributed by atoms with Crippen LogP contribution in [0.4, 0.5) is 5.00 Å². The minimum absolute atomic E-state index is 0.0870. The molecule has 0 aliphatic rings. The Labute approximate surface area is 171 Å². The number of nitrogens with two attached hydrogens (primary N) is 1. The van der Waals surface area contributed by atoms with E-state index in [4.69, 9.17) is 10.5 Å². The van der Waals surface area contributed by atoms with Crippen molar-refractivity contribution in [3.05, 3.63) is 51.4 Å². The lowest BCUT2D eigenvalue weighted by Crippen LogP contribution is -2.26. The molecule has 0 saturated carbocycles. The van der Waals surface area contributed by atoms with Crippen molar-refractivity contribution in [2.45, 2.75) is 53.1 Å². The highest BCUT2D eigenvalue weighted by Crippen LogP contribution is 2.32. The number of anilines is 1. The standard InChI is InChI=1S/C22H29N3O2S/c1-6-27-22(26)20-18(17(11-23)21(24)28-20)12-25-19(14(4)5)16-9-7-15(8-10-16)13(2)3/h7-10,13-14,19,25H,6,12,24H2,1-5H3/t19-/m1/s1. The lowest BCUT2D eigenvalue weighted by molar-refractivity contribution is 0.0530. The van der Waals surface area contributed by atoms with Crippen LogP contribution in [0.25, 0.3) is 0 Å². The molecule has 0 fully saturated rings. The maximum absolute atomic E-state index is 12.3. The first-order valence-corrected chi connectivity index (χ1v) is 10.4. The molecule has 0 amide bonds. The Hall–Kier alpha value is -2.36. The molecule has 0 aliphatic carbocycles. The van der Waals surface area contributed by atoms with Crippen LogP contribution >= 0.6 is 11.3 Å². The van der Waals surface area contributed by atoms with E-state index in [0.717, 1.165) is 11.3 Å². The fraction of sp³-hybridized carbons (Fsp3) is 0.455. The summed E-state index contributed by atoms with van der Waals surface area (Å²) in [5, 5.41) is 13.4. The van der Waals surface area contributed by atoms with Gasteiger partial charge < -0.3 is 15.8 Å². The highest BCUT2D eigenvalue weighted by molar-refractivity contribution is 7.18. The number of benzene rings is 1. The van der Waals surface area contributed by atoms with Crippen molar-refractivity contribution >= 4 is 22.3 Å². The first-order valence-electron chi connectivity index (χ1n) is 9.61. The summed E-state index contributed by atoms with van der Waals surface area (Å²) in [7, 11) is 0. The minimum atomic E-state index is -0.431. The minimum Gasteiger partial charge on any atom is -0.462 e. The van der Waals surface area contributed by atoms with Gasteiger partial charge in [-0.05, 0) is 29.9 Å². The summed E-state index contributed by atoms with van der Waals surface area (Å²) >= 11 is 1.12. The molecular formula is C22H29N3O2S. The SMILES string of the molecule is CCOC(=O)c1sc(N)c(C#N)c1CN[C@@H](c1ccc(C(C)C)cc1)C(C)C. The van der Waals surface area contributed by atoms with Gasteiger partial charge in [0.2, 0.25) is 0 Å². The quantitative estimate of drug-likeness (QED) is 0.611. The number of ether oxygens (including phenoxy) is 1. The van der Waals surface area contributed by atoms with E-state index >= 15 is 0 Å². The number of nitrogens with one attached hydrogen (secondary N) is 1. The molecule has 1 aromatic carbocycles. The summed E-state index contributed by atoms with van der Waals surface area (Å²) < 4.78 is 5.13. The molecule has 5 nitrogen and oxygen atoms in total. The van der Waals surface area contributed by atoms with Crippen LogP contribution in [0.2, 0.25) is 0 Å². The van der Waals surface area contributed by atoms with Crippen LogP contribution in [0, 0.1) is 17.2 Å². The average molecular weight is 400 g/mol. The van der Waals surface area contributed by atoms with E-state index in [0.29, 0.717) is 39.4 Å². The fourth-order valence-corrected chi connectivity index (χ4v) is 4.11. The number of carbonyl (C=O) groups excluding carboxylic acids is 1. The molecule has 6 heteroatoms. The molecule has 0 aliphatic heterocycles. The number of nitrogen functional groups attached to an aromatic ring is 1. The highest BCUT2D eigenvalue weighted by atomic mass is 32.1. The Balaban J connectivity index is 2.29. The highest BCUT2D eigenvalue weighted by Gasteiger charge is 2.24. The number of carbonyl (C=O) groups is 1. The maximum Gasteiger partial charge on any atom is 0.348 e. The van der Waals surface area contributed by atoms with Crippen molar-refractivity contribution in [1.29, 1.82) is 5.26 Å². The molecule has 3 N–H and O–H groups in total. The molecule has 2 rings (SSSR count). The summed E-state index contributed by atoms with van der Waals surface area (Å²) in [6.45, 7) is 11.1. The van der Waals surface area contributed by atoms with E-state index in [1.54, 1.807) is 6.92 Å². The normalized spacial score (nSPS) is 12.2. The average Bonchev–Trinajstić information content (AvgIpc) is 2.97. The topological polar surface area (TPSA) is 88.1 Å². The molecule has 0 saturated heterocycles. The molecule has 0 bridgehead atoms. The van der Waals surface area contributed by atoms with E-state index < -0.39 is 5.97 Å². The Bertz CT molecular complexity index is 848. The maximum atomic E-state index is 12.3. The summed E-state index contributed by atoms with van der Waals surface area (Å²) in [6.07, 6.45) is 0. The number of thiophene rings is 1. The lowest BCUT2D eigenvalue weighted by Gasteiger charge is -2.24. The van der Waals surface area contributed by atoms with Gasteiger partial charge in [0.15, 0.2) is 0 Å². The predicted molar refractivity (Wildman–Crippen MR) is 114 cm³/mol. The van der Waals surface area contributed by atoms with Gasteiger partial charge in [0, 0.05) is 18.2 Å². The van der Waals surface area contributed by atoms with Crippen LogP contribution in [0.5, 0.6) is 0 Å². The largest absolute Gasteiger partial charge is 0.462 e. The molecular weight excluding hydrogens is 370 g/mol. The van der Waals surface area contributed by atoms with Crippen LogP contribution in [0.3, 0.4) is 0 Å². The Morgan fingerprint density at radius 3 is 2.32 bits per heavy atom. The van der Waals surface area contributed by atoms with Crippen molar-refractivity contribution in [3.8, 4) is 6.07 Å². The van der Waals surface area contributed by atoms with Gasteiger partial charge in [-0.15, -0.1) is 11.3 Å². The summed E-state index contributed by atoms with van der Waals surface area (Å²) in [6, 6.07) is 10.8. The van der Waals surface area contributed by atoms with E-state index in [1.165, 1.54) is 11.1 Å². The first kappa shape index (κ1) is 21.9. The number of esters is 1. The number of rotatable bonds is 8. The molecule has 1 atom stereocenters. The smallest absolute Gasteiger partial charge is 0.348 e. The van der Waals surface area contributed by atoms with Gasteiger partial charge in [-0.1, -0.05) is 52.0 Å². The lowest BCUT2D eigenvalue weighted by atomic mass is 9.93. The van der Waals surface area contributed by atoms with Crippen LogP contribution in [-0.4, -0.2) is 12.6 Å². The number of nitriles is 1. The zero-order chi connectivity index (χ0) is 20.8. The third kappa shape index (κ3) is 4.92. The second-order valence-electron chi connectivity index (χ2n) is 7.41. The van der Waals surface area contributed by atoms with E-state index in [2.05, 4.69) is 63.3 Å². The predicted octanol–water partition coefficient (Wildman–Crippen LogP) is 4.99. The van der Waals surface area contributed by atoms with Gasteiger partial charge in [0.25, 0.3) is 0 Å². The van der Waals surface area contributed by atoms with Gasteiger partial charge in [-0.3, -0.25) is 0 Å². The van der Waals surface area contributed by atoms with Crippen molar-refractivity contribution in [2.75, 3.05) is 12.3 Å². The molecule has 2 aromatic rings. The van der Waals surface area contributed by atoms with Gasteiger partial charge in [0.1, 0.15) is 15.9 Å². The van der Waals surface area contributed by atoms with Crippen molar-refractivity contribution in [2.24, 2.45) is 5.92 Å². The summed E-state index contributed by atoms with van der Waals surface area (Å²) in [4.78, 5) is 12.7. The Morgan fingerprint density at radius 1 is 1.21 bits per heavy atom. The first-order chi connectivity index (χ1) is 13.3. The van der Waals surface area contributed by atoms with Crippen molar-refractivity contribution in [1.82, 2.24) is 5.32 Å². The van der Waals surface area contributed by atoms with E-state index in [1.807, 2.05) is 0 Å². The fourth-order valence-electron chi connectivity index (χ4n) is 3.18. The number of hydrogen-bond acceptors (Lipinski definition) is 6. The van der Waals surface area contributed by atoms with Gasteiger partial charge >= 0.3 is 5.97 Å². The molecule has 0 spiro atoms. The van der Waals surface area contributed by atoms with Gasteiger partial charge in [0.05, 0.1) is 12.2 Å². The van der Waals surface area contributed by atoms with Gasteiger partial charge in [-0.2, -0.15) is 5.26 Å². The van der Waals surface area contributed by atoms with Crippen LogP contribution in [-0.2, 0) is 11.3 Å². The zero-order valence-corrected chi connectivity index (χ0v) is 18.0. The summed E-state index contributed by atoms with van der Waals surface area (Å²) in [5.41, 5.74) is 9.43. The molecule has 28 heavy (non-hydrogen) atoms. The molecule has 0 radical (unpaired) electrons. The van der Waals surface area contributed by atoms with Crippen LogP contribution in [0.1, 0.15) is 78.5 Å². The van der Waals surface area contributed by atoms with Crippen LogP contribution in [0.15, 0.2) is 24.3 Å². The van der Waals surface area contributed by atoms with Crippen molar-refractivity contribution in [3.63, 3.8) is 0 Å². The van der Waals surface area contributed by atoms with E-state index in [9.17, 15) is 10.1 Å². The number of nitrogens with zero attached hydrogens (tertiary/aromatic N) is 1. The van der Waals surface area contributed by atoms with E-state index in [-0.39, 0.29) is 12.6 Å². The van der Waals surface area contributed by atoms with Crippen LogP contribution < -0.4 is 11.1 Å². The second-order valence-corrected chi connectivity index (χ2v) is 8.46. The molecule has 1 aromatic heterocycles. The van der Waals surface area contributed by atoms with Crippen molar-refractivity contribution < 1.29 is 9.53 Å². The Morgan fingerprint density at radius 2 is 1.82 bits per heavy atom. The zero-order valence-electron chi connectivity index (χ0n) is 17.2. The molecule has 0 unspecified atom stereocenters. The Kier molecular flexibility index (Phi) is 7.61. The van der Waals surface area contributed by atoms with Gasteiger partial charge in [-0.25, -0.2) is 4.79 Å². The molecule has 150 valence electrons. The number of hydrogen-bond donors (Lipinski definition) is 2. The second kappa shape index (κ2) is 9.72. The summed E-state index contributed by atoms with van der Waals surface area (Å²) in [5.74, 6) is 0.385. The monoisotopic (exact) mass is 399 g/mol. The molecule has 1 heterocycles. The third-order valence-electron chi connectivity index (χ3n) is 4.73. The third-order valence-corrected chi connectivity index (χ3v) is 5.78.